The quantitative estimate of drug-likeness (QED) is 0.890. The molecule has 8 heteroatoms. The van der Waals surface area contributed by atoms with Crippen LogP contribution in [0.5, 0.6) is 0 Å². The predicted octanol–water partition coefficient (Wildman–Crippen LogP) is 3.00. The summed E-state index contributed by atoms with van der Waals surface area (Å²) in [5.74, 6) is -0.0278. The zero-order valence-electron chi connectivity index (χ0n) is 15.4. The Morgan fingerprint density at radius 3 is 2.74 bits per heavy atom. The maximum Gasteiger partial charge on any atom is 0.416 e. The maximum atomic E-state index is 13.0. The summed E-state index contributed by atoms with van der Waals surface area (Å²) in [6.07, 6.45) is -2.45. The number of hydrogen-bond acceptors (Lipinski definition) is 3. The number of piperidine rings is 1. The summed E-state index contributed by atoms with van der Waals surface area (Å²) in [4.78, 5) is 14.4. The van der Waals surface area contributed by atoms with E-state index in [9.17, 15) is 18.0 Å². The molecule has 0 saturated carbocycles. The number of carbonyl (C=O) groups is 1. The third kappa shape index (κ3) is 4.16. The summed E-state index contributed by atoms with van der Waals surface area (Å²) < 4.78 is 40.4. The molecule has 1 unspecified atom stereocenters. The van der Waals surface area contributed by atoms with Gasteiger partial charge < -0.3 is 10.6 Å². The smallest absolute Gasteiger partial charge is 0.341 e. The summed E-state index contributed by atoms with van der Waals surface area (Å²) in [5, 5.41) is 4.37. The van der Waals surface area contributed by atoms with Gasteiger partial charge in [0.25, 0.3) is 0 Å². The van der Waals surface area contributed by atoms with Crippen molar-refractivity contribution in [1.82, 2.24) is 14.7 Å². The van der Waals surface area contributed by atoms with Gasteiger partial charge in [-0.25, -0.2) is 4.68 Å². The van der Waals surface area contributed by atoms with Gasteiger partial charge >= 0.3 is 6.18 Å². The maximum absolute atomic E-state index is 13.0. The average molecular weight is 380 g/mol. The number of carbonyl (C=O) groups excluding carboxylic acids is 1. The van der Waals surface area contributed by atoms with Crippen LogP contribution in [0.3, 0.4) is 0 Å². The summed E-state index contributed by atoms with van der Waals surface area (Å²) >= 11 is 0. The first-order valence-corrected chi connectivity index (χ1v) is 8.93. The van der Waals surface area contributed by atoms with Gasteiger partial charge in [-0.1, -0.05) is 6.07 Å². The molecule has 1 aliphatic heterocycles. The van der Waals surface area contributed by atoms with E-state index in [1.807, 2.05) is 0 Å². The first kappa shape index (κ1) is 19.4. The van der Waals surface area contributed by atoms with Crippen molar-refractivity contribution in [2.75, 3.05) is 13.1 Å². The Bertz CT molecular complexity index is 844. The van der Waals surface area contributed by atoms with Gasteiger partial charge in [0.2, 0.25) is 5.91 Å². The molecule has 0 aliphatic carbocycles. The first-order chi connectivity index (χ1) is 12.7. The van der Waals surface area contributed by atoms with Crippen molar-refractivity contribution >= 4 is 5.91 Å². The van der Waals surface area contributed by atoms with Gasteiger partial charge in [-0.15, -0.1) is 0 Å². The molecule has 27 heavy (non-hydrogen) atoms. The number of aryl methyl sites for hydroxylation is 1. The van der Waals surface area contributed by atoms with Crippen molar-refractivity contribution in [3.63, 3.8) is 0 Å². The second-order valence-corrected chi connectivity index (χ2v) is 7.03. The number of rotatable bonds is 3. The third-order valence-corrected chi connectivity index (χ3v) is 5.00. The van der Waals surface area contributed by atoms with Crippen LogP contribution in [0.1, 0.15) is 35.4 Å². The van der Waals surface area contributed by atoms with Crippen LogP contribution in [0.15, 0.2) is 24.3 Å². The highest BCUT2D eigenvalue weighted by molar-refractivity contribution is 5.79. The molecule has 3 rings (SSSR count). The van der Waals surface area contributed by atoms with Crippen LogP contribution >= 0.6 is 0 Å². The number of hydrogen-bond donors (Lipinski definition) is 1. The molecule has 0 spiro atoms. The van der Waals surface area contributed by atoms with Crippen molar-refractivity contribution in [3.05, 3.63) is 46.8 Å². The second kappa shape index (κ2) is 7.34. The fraction of sp³-hybridized carbons (Fsp3) is 0.474. The molecule has 0 bridgehead atoms. The fourth-order valence-corrected chi connectivity index (χ4v) is 3.50. The van der Waals surface area contributed by atoms with Crippen LogP contribution in [0.4, 0.5) is 13.2 Å². The van der Waals surface area contributed by atoms with Crippen molar-refractivity contribution in [2.45, 2.75) is 45.3 Å². The molecule has 1 fully saturated rings. The standard InChI is InChI=1S/C19H23F3N4O/c1-12-17(10-18(27)25-8-4-6-15(23)11-25)13(2)26(24-12)16-7-3-5-14(9-16)19(20,21)22/h3,5,7,9,15H,4,6,8,10-11,23H2,1-2H3. The Morgan fingerprint density at radius 2 is 2.07 bits per heavy atom. The van der Waals surface area contributed by atoms with Crippen molar-refractivity contribution < 1.29 is 18.0 Å². The van der Waals surface area contributed by atoms with E-state index in [2.05, 4.69) is 5.10 Å². The number of nitrogens with two attached hydrogens (primary N) is 1. The predicted molar refractivity (Wildman–Crippen MR) is 95.5 cm³/mol. The Balaban J connectivity index is 1.86. The van der Waals surface area contributed by atoms with E-state index in [-0.39, 0.29) is 18.4 Å². The summed E-state index contributed by atoms with van der Waals surface area (Å²) in [6, 6.07) is 5.02. The number of amides is 1. The van der Waals surface area contributed by atoms with Crippen LogP contribution in [-0.2, 0) is 17.4 Å². The lowest BCUT2D eigenvalue weighted by atomic mass is 10.0. The van der Waals surface area contributed by atoms with E-state index in [0.29, 0.717) is 30.2 Å². The number of likely N-dealkylation sites (tertiary alicyclic amines) is 1. The highest BCUT2D eigenvalue weighted by Crippen LogP contribution is 2.31. The molecule has 146 valence electrons. The van der Waals surface area contributed by atoms with Gasteiger partial charge in [0.05, 0.1) is 23.4 Å². The Labute approximate surface area is 155 Å². The van der Waals surface area contributed by atoms with Crippen LogP contribution < -0.4 is 5.73 Å². The molecule has 2 heterocycles. The summed E-state index contributed by atoms with van der Waals surface area (Å²) in [6.45, 7) is 4.76. The number of alkyl halides is 3. The highest BCUT2D eigenvalue weighted by atomic mass is 19.4. The molecule has 5 nitrogen and oxygen atoms in total. The SMILES string of the molecule is Cc1nn(-c2cccc(C(F)(F)F)c2)c(C)c1CC(=O)N1CCCC(N)C1. The molecular formula is C19H23F3N4O. The highest BCUT2D eigenvalue weighted by Gasteiger charge is 2.31. The lowest BCUT2D eigenvalue weighted by Gasteiger charge is -2.30. The zero-order chi connectivity index (χ0) is 19.8. The van der Waals surface area contributed by atoms with E-state index >= 15 is 0 Å². The van der Waals surface area contributed by atoms with Crippen molar-refractivity contribution in [1.29, 1.82) is 0 Å². The van der Waals surface area contributed by atoms with Crippen LogP contribution in [-0.4, -0.2) is 39.7 Å². The Morgan fingerprint density at radius 1 is 1.33 bits per heavy atom. The van der Waals surface area contributed by atoms with Gasteiger partial charge in [-0.05, 0) is 44.9 Å². The van der Waals surface area contributed by atoms with Gasteiger partial charge in [0, 0.05) is 30.4 Å². The monoisotopic (exact) mass is 380 g/mol. The van der Waals surface area contributed by atoms with Gasteiger partial charge in [0.15, 0.2) is 0 Å². The minimum absolute atomic E-state index is 0.00211. The van der Waals surface area contributed by atoms with E-state index in [1.54, 1.807) is 24.8 Å². The van der Waals surface area contributed by atoms with E-state index in [4.69, 9.17) is 5.73 Å². The third-order valence-electron chi connectivity index (χ3n) is 5.00. The number of benzene rings is 1. The van der Waals surface area contributed by atoms with Gasteiger partial charge in [0.1, 0.15) is 0 Å². The molecule has 1 aromatic carbocycles. The van der Waals surface area contributed by atoms with E-state index < -0.39 is 11.7 Å². The number of nitrogens with zero attached hydrogens (tertiary/aromatic N) is 3. The van der Waals surface area contributed by atoms with Crippen molar-refractivity contribution in [2.24, 2.45) is 5.73 Å². The average Bonchev–Trinajstić information content (AvgIpc) is 2.89. The second-order valence-electron chi connectivity index (χ2n) is 7.03. The fourth-order valence-electron chi connectivity index (χ4n) is 3.50. The van der Waals surface area contributed by atoms with Crippen LogP contribution in [0.2, 0.25) is 0 Å². The molecule has 2 N–H and O–H groups in total. The molecule has 1 saturated heterocycles. The molecule has 1 atom stereocenters. The minimum atomic E-state index is -4.42. The Hall–Kier alpha value is -2.35. The minimum Gasteiger partial charge on any atom is -0.341 e. The van der Waals surface area contributed by atoms with Gasteiger partial charge in [-0.3, -0.25) is 4.79 Å². The largest absolute Gasteiger partial charge is 0.416 e. The first-order valence-electron chi connectivity index (χ1n) is 8.93. The summed E-state index contributed by atoms with van der Waals surface area (Å²) in [5.41, 5.74) is 7.59. The van der Waals surface area contributed by atoms with Gasteiger partial charge in [-0.2, -0.15) is 18.3 Å². The zero-order valence-corrected chi connectivity index (χ0v) is 15.4. The number of aromatic nitrogens is 2. The topological polar surface area (TPSA) is 64.2 Å². The molecule has 1 aliphatic rings. The number of halogens is 3. The van der Waals surface area contributed by atoms with E-state index in [1.165, 1.54) is 10.7 Å². The molecule has 2 aromatic rings. The summed E-state index contributed by atoms with van der Waals surface area (Å²) in [7, 11) is 0. The van der Waals surface area contributed by atoms with Crippen molar-refractivity contribution in [3.8, 4) is 5.69 Å². The van der Waals surface area contributed by atoms with Crippen LogP contribution in [0.25, 0.3) is 5.69 Å². The Kier molecular flexibility index (Phi) is 5.28. The molecule has 1 aromatic heterocycles. The lowest BCUT2D eigenvalue weighted by Crippen LogP contribution is -2.46. The van der Waals surface area contributed by atoms with Crippen LogP contribution in [0, 0.1) is 13.8 Å². The molecular weight excluding hydrogens is 357 g/mol. The normalized spacial score (nSPS) is 18.0. The lowest BCUT2D eigenvalue weighted by molar-refractivity contribution is -0.137. The molecule has 0 radical (unpaired) electrons. The molecule has 1 amide bonds. The van der Waals surface area contributed by atoms with E-state index in [0.717, 1.165) is 30.5 Å².